The number of para-hydroxylation sites is 2. The first-order valence-electron chi connectivity index (χ1n) is 6.55. The maximum atomic E-state index is 5.56. The van der Waals surface area contributed by atoms with Crippen molar-refractivity contribution in [3.63, 3.8) is 0 Å². The zero-order valence-electron chi connectivity index (χ0n) is 11.3. The lowest BCUT2D eigenvalue weighted by Crippen LogP contribution is -2.10. The second-order valence-electron chi connectivity index (χ2n) is 4.10. The summed E-state index contributed by atoms with van der Waals surface area (Å²) in [7, 11) is 0. The monoisotopic (exact) mass is 261 g/mol. The van der Waals surface area contributed by atoms with Crippen LogP contribution in [0.1, 0.15) is 26.1 Å². The van der Waals surface area contributed by atoms with Crippen molar-refractivity contribution < 1.29 is 4.74 Å². The Balaban J connectivity index is 2.03. The molecule has 102 valence electrons. The van der Waals surface area contributed by atoms with E-state index in [-0.39, 0.29) is 0 Å². The van der Waals surface area contributed by atoms with Gasteiger partial charge in [-0.3, -0.25) is 0 Å². The second-order valence-corrected chi connectivity index (χ2v) is 4.10. The van der Waals surface area contributed by atoms with Crippen LogP contribution >= 0.6 is 0 Å². The normalized spacial score (nSPS) is 10.4. The summed E-state index contributed by atoms with van der Waals surface area (Å²) in [4.78, 5) is 0. The molecule has 1 heterocycles. The molecule has 6 heteroatoms. The number of anilines is 1. The highest BCUT2D eigenvalue weighted by Gasteiger charge is 2.07. The Labute approximate surface area is 112 Å². The molecule has 0 bridgehead atoms. The maximum Gasteiger partial charge on any atom is 0.170 e. The van der Waals surface area contributed by atoms with Crippen molar-refractivity contribution in [3.8, 4) is 5.75 Å². The lowest BCUT2D eigenvalue weighted by atomic mass is 10.3. The molecule has 0 unspecified atom stereocenters. The van der Waals surface area contributed by atoms with Gasteiger partial charge in [0.05, 0.1) is 18.8 Å². The predicted octanol–water partition coefficient (Wildman–Crippen LogP) is 2.09. The standard InChI is InChI=1S/C13H19N5O/c1-3-9-18-13(15-16-17-18)10-14-11-7-5-6-8-12(11)19-4-2/h5-8,14H,3-4,9-10H2,1-2H3. The summed E-state index contributed by atoms with van der Waals surface area (Å²) >= 11 is 0. The van der Waals surface area contributed by atoms with Gasteiger partial charge in [0.25, 0.3) is 0 Å². The average molecular weight is 261 g/mol. The fourth-order valence-electron chi connectivity index (χ4n) is 1.80. The van der Waals surface area contributed by atoms with Crippen LogP contribution in [-0.4, -0.2) is 26.8 Å². The van der Waals surface area contributed by atoms with E-state index >= 15 is 0 Å². The van der Waals surface area contributed by atoms with E-state index < -0.39 is 0 Å². The van der Waals surface area contributed by atoms with Gasteiger partial charge in [-0.05, 0) is 35.9 Å². The lowest BCUT2D eigenvalue weighted by molar-refractivity contribution is 0.341. The predicted molar refractivity (Wildman–Crippen MR) is 73.0 cm³/mol. The zero-order valence-corrected chi connectivity index (χ0v) is 11.3. The molecule has 0 amide bonds. The van der Waals surface area contributed by atoms with Crippen molar-refractivity contribution in [2.75, 3.05) is 11.9 Å². The van der Waals surface area contributed by atoms with Crippen molar-refractivity contribution in [2.45, 2.75) is 33.4 Å². The van der Waals surface area contributed by atoms with E-state index in [4.69, 9.17) is 4.74 Å². The molecule has 2 aromatic rings. The molecular weight excluding hydrogens is 242 g/mol. The van der Waals surface area contributed by atoms with Crippen LogP contribution in [-0.2, 0) is 13.1 Å². The third-order valence-electron chi connectivity index (χ3n) is 2.67. The van der Waals surface area contributed by atoms with Crippen LogP contribution in [0.15, 0.2) is 24.3 Å². The third kappa shape index (κ3) is 3.43. The zero-order chi connectivity index (χ0) is 13.5. The van der Waals surface area contributed by atoms with E-state index in [0.717, 1.165) is 30.2 Å². The SMILES string of the molecule is CCCn1nnnc1CNc1ccccc1OCC. The molecule has 0 aliphatic heterocycles. The van der Waals surface area contributed by atoms with Crippen molar-refractivity contribution in [1.29, 1.82) is 0 Å². The Hall–Kier alpha value is -2.11. The Morgan fingerprint density at radius 3 is 2.89 bits per heavy atom. The molecule has 19 heavy (non-hydrogen) atoms. The summed E-state index contributed by atoms with van der Waals surface area (Å²) in [5.74, 6) is 1.67. The van der Waals surface area contributed by atoms with Crippen LogP contribution in [0.3, 0.4) is 0 Å². The highest BCUT2D eigenvalue weighted by molar-refractivity contribution is 5.56. The fourth-order valence-corrected chi connectivity index (χ4v) is 1.80. The van der Waals surface area contributed by atoms with E-state index in [0.29, 0.717) is 13.2 Å². The first-order chi connectivity index (χ1) is 9.35. The second kappa shape index (κ2) is 6.72. The smallest absolute Gasteiger partial charge is 0.170 e. The van der Waals surface area contributed by atoms with Crippen molar-refractivity contribution in [1.82, 2.24) is 20.2 Å². The largest absolute Gasteiger partial charge is 0.492 e. The van der Waals surface area contributed by atoms with Crippen LogP contribution in [0.2, 0.25) is 0 Å². The molecule has 0 fully saturated rings. The average Bonchev–Trinajstić information content (AvgIpc) is 2.86. The van der Waals surface area contributed by atoms with Gasteiger partial charge in [-0.2, -0.15) is 0 Å². The quantitative estimate of drug-likeness (QED) is 0.826. The summed E-state index contributed by atoms with van der Waals surface area (Å²) in [5.41, 5.74) is 0.954. The Bertz CT molecular complexity index is 511. The lowest BCUT2D eigenvalue weighted by Gasteiger charge is -2.11. The molecule has 1 aromatic heterocycles. The van der Waals surface area contributed by atoms with Crippen molar-refractivity contribution in [2.24, 2.45) is 0 Å². The minimum atomic E-state index is 0.580. The number of aryl methyl sites for hydroxylation is 1. The molecule has 0 saturated heterocycles. The summed E-state index contributed by atoms with van der Waals surface area (Å²) < 4.78 is 7.38. The Morgan fingerprint density at radius 2 is 2.11 bits per heavy atom. The van der Waals surface area contributed by atoms with Crippen molar-refractivity contribution in [3.05, 3.63) is 30.1 Å². The van der Waals surface area contributed by atoms with Gasteiger partial charge in [0.1, 0.15) is 5.75 Å². The number of hydrogen-bond acceptors (Lipinski definition) is 5. The highest BCUT2D eigenvalue weighted by Crippen LogP contribution is 2.23. The topological polar surface area (TPSA) is 64.9 Å². The molecule has 2 rings (SSSR count). The molecule has 0 saturated carbocycles. The maximum absolute atomic E-state index is 5.56. The van der Waals surface area contributed by atoms with Gasteiger partial charge >= 0.3 is 0 Å². The van der Waals surface area contributed by atoms with Crippen LogP contribution in [0.25, 0.3) is 0 Å². The molecule has 0 atom stereocenters. The van der Waals surface area contributed by atoms with E-state index in [1.54, 1.807) is 0 Å². The van der Waals surface area contributed by atoms with Gasteiger partial charge in [-0.1, -0.05) is 19.1 Å². The fraction of sp³-hybridized carbons (Fsp3) is 0.462. The first-order valence-corrected chi connectivity index (χ1v) is 6.55. The Kier molecular flexibility index (Phi) is 4.72. The number of rotatable bonds is 7. The molecule has 0 radical (unpaired) electrons. The molecule has 1 aromatic carbocycles. The number of ether oxygens (including phenoxy) is 1. The van der Waals surface area contributed by atoms with Gasteiger partial charge in [-0.15, -0.1) is 5.10 Å². The van der Waals surface area contributed by atoms with E-state index in [1.165, 1.54) is 0 Å². The van der Waals surface area contributed by atoms with E-state index in [1.807, 2.05) is 35.9 Å². The van der Waals surface area contributed by atoms with Crippen LogP contribution < -0.4 is 10.1 Å². The van der Waals surface area contributed by atoms with Gasteiger partial charge < -0.3 is 10.1 Å². The summed E-state index contributed by atoms with van der Waals surface area (Å²) in [5, 5.41) is 15.0. The van der Waals surface area contributed by atoms with Gasteiger partial charge in [0.2, 0.25) is 0 Å². The summed E-state index contributed by atoms with van der Waals surface area (Å²) in [6.45, 7) is 6.13. The molecule has 0 aliphatic rings. The number of nitrogens with zero attached hydrogens (tertiary/aromatic N) is 4. The summed E-state index contributed by atoms with van der Waals surface area (Å²) in [6.07, 6.45) is 1.01. The van der Waals surface area contributed by atoms with Gasteiger partial charge in [0, 0.05) is 6.54 Å². The van der Waals surface area contributed by atoms with E-state index in [9.17, 15) is 0 Å². The van der Waals surface area contributed by atoms with E-state index in [2.05, 4.69) is 27.8 Å². The first kappa shape index (κ1) is 13.3. The van der Waals surface area contributed by atoms with Crippen LogP contribution in [0.4, 0.5) is 5.69 Å². The molecule has 0 aliphatic carbocycles. The molecule has 0 spiro atoms. The summed E-state index contributed by atoms with van der Waals surface area (Å²) in [6, 6.07) is 7.86. The Morgan fingerprint density at radius 1 is 1.26 bits per heavy atom. The van der Waals surface area contributed by atoms with Gasteiger partial charge in [-0.25, -0.2) is 4.68 Å². The van der Waals surface area contributed by atoms with Gasteiger partial charge in [0.15, 0.2) is 5.82 Å². The van der Waals surface area contributed by atoms with Crippen molar-refractivity contribution >= 4 is 5.69 Å². The molecule has 1 N–H and O–H groups in total. The number of aromatic nitrogens is 4. The number of tetrazole rings is 1. The van der Waals surface area contributed by atoms with Crippen LogP contribution in [0, 0.1) is 0 Å². The molecular formula is C13H19N5O. The molecule has 6 nitrogen and oxygen atoms in total. The number of benzene rings is 1. The minimum absolute atomic E-state index is 0.580. The highest BCUT2D eigenvalue weighted by atomic mass is 16.5. The minimum Gasteiger partial charge on any atom is -0.492 e. The number of nitrogens with one attached hydrogen (secondary N) is 1. The van der Waals surface area contributed by atoms with Crippen LogP contribution in [0.5, 0.6) is 5.75 Å². The number of hydrogen-bond donors (Lipinski definition) is 1. The third-order valence-corrected chi connectivity index (χ3v) is 2.67.